The Kier molecular flexibility index (Phi) is 5.25. The van der Waals surface area contributed by atoms with Gasteiger partial charge in [0.15, 0.2) is 0 Å². The van der Waals surface area contributed by atoms with Gasteiger partial charge in [0.1, 0.15) is 0 Å². The van der Waals surface area contributed by atoms with E-state index in [1.54, 1.807) is 0 Å². The lowest BCUT2D eigenvalue weighted by atomic mass is 10.1. The van der Waals surface area contributed by atoms with Crippen LogP contribution in [0.2, 0.25) is 5.02 Å². The Morgan fingerprint density at radius 3 is 2.17 bits per heavy atom. The van der Waals surface area contributed by atoms with E-state index in [1.165, 1.54) is 0 Å². The van der Waals surface area contributed by atoms with E-state index >= 15 is 0 Å². The highest BCUT2D eigenvalue weighted by atomic mass is 35.5. The Bertz CT molecular complexity index is 223. The van der Waals surface area contributed by atoms with Crippen LogP contribution in [-0.2, 0) is 0 Å². The molecule has 0 aliphatic carbocycles. The first-order valence-electron chi connectivity index (χ1n) is 3.45. The minimum Gasteiger partial charge on any atom is -0.329 e. The minimum absolute atomic E-state index is 0. The highest BCUT2D eigenvalue weighted by Gasteiger charge is 2.01. The first-order valence-corrected chi connectivity index (χ1v) is 3.83. The van der Waals surface area contributed by atoms with Gasteiger partial charge in [-0.05, 0) is 17.7 Å². The molecule has 2 nitrogen and oxygen atoms in total. The molecule has 1 unspecified atom stereocenters. The second-order valence-corrected chi connectivity index (χ2v) is 2.83. The Hall–Kier alpha value is -0.280. The number of halogens is 2. The molecule has 4 N–H and O–H groups in total. The predicted octanol–water partition coefficient (Wildman–Crippen LogP) is 1.72. The Labute approximate surface area is 83.3 Å². The van der Waals surface area contributed by atoms with Gasteiger partial charge in [0.2, 0.25) is 0 Å². The van der Waals surface area contributed by atoms with E-state index in [-0.39, 0.29) is 18.4 Å². The van der Waals surface area contributed by atoms with E-state index in [2.05, 4.69) is 0 Å². The summed E-state index contributed by atoms with van der Waals surface area (Å²) in [5.74, 6) is 0. The third-order valence-electron chi connectivity index (χ3n) is 1.55. The largest absolute Gasteiger partial charge is 0.329 e. The molecule has 0 fully saturated rings. The maximum atomic E-state index is 5.69. The van der Waals surface area contributed by atoms with Crippen molar-refractivity contribution in [2.24, 2.45) is 11.5 Å². The fourth-order valence-corrected chi connectivity index (χ4v) is 0.972. The van der Waals surface area contributed by atoms with E-state index in [4.69, 9.17) is 23.1 Å². The van der Waals surface area contributed by atoms with E-state index in [9.17, 15) is 0 Å². The Morgan fingerprint density at radius 2 is 1.75 bits per heavy atom. The summed E-state index contributed by atoms with van der Waals surface area (Å²) in [6.45, 7) is 0.460. The number of benzene rings is 1. The molecule has 0 aliphatic heterocycles. The standard InChI is InChI=1S/C8H11ClN2.ClH/c9-7-3-1-6(2-4-7)8(11)5-10;/h1-4,8H,5,10-11H2;1H. The topological polar surface area (TPSA) is 52.0 Å². The van der Waals surface area contributed by atoms with Crippen molar-refractivity contribution in [2.75, 3.05) is 6.54 Å². The molecule has 1 aromatic carbocycles. The van der Waals surface area contributed by atoms with Crippen LogP contribution in [0.3, 0.4) is 0 Å². The summed E-state index contributed by atoms with van der Waals surface area (Å²) < 4.78 is 0. The first kappa shape index (κ1) is 11.7. The summed E-state index contributed by atoms with van der Waals surface area (Å²) in [5.41, 5.74) is 12.1. The third-order valence-corrected chi connectivity index (χ3v) is 1.80. The molecular formula is C8H12Cl2N2. The van der Waals surface area contributed by atoms with E-state index in [0.717, 1.165) is 10.6 Å². The fraction of sp³-hybridized carbons (Fsp3) is 0.250. The molecule has 0 aromatic heterocycles. The third kappa shape index (κ3) is 2.99. The van der Waals surface area contributed by atoms with Crippen molar-refractivity contribution >= 4 is 24.0 Å². The molecule has 1 rings (SSSR count). The highest BCUT2D eigenvalue weighted by molar-refractivity contribution is 6.30. The zero-order chi connectivity index (χ0) is 8.27. The molecule has 0 amide bonds. The van der Waals surface area contributed by atoms with Gasteiger partial charge in [-0.25, -0.2) is 0 Å². The van der Waals surface area contributed by atoms with Crippen molar-refractivity contribution in [1.82, 2.24) is 0 Å². The first-order chi connectivity index (χ1) is 5.24. The van der Waals surface area contributed by atoms with Gasteiger partial charge < -0.3 is 11.5 Å². The highest BCUT2D eigenvalue weighted by Crippen LogP contribution is 2.13. The summed E-state index contributed by atoms with van der Waals surface area (Å²) in [4.78, 5) is 0. The quantitative estimate of drug-likeness (QED) is 0.775. The van der Waals surface area contributed by atoms with Crippen LogP contribution in [0.4, 0.5) is 0 Å². The van der Waals surface area contributed by atoms with Crippen molar-refractivity contribution in [2.45, 2.75) is 6.04 Å². The van der Waals surface area contributed by atoms with Gasteiger partial charge >= 0.3 is 0 Å². The van der Waals surface area contributed by atoms with E-state index in [0.29, 0.717) is 6.54 Å². The molecule has 1 atom stereocenters. The molecule has 68 valence electrons. The molecule has 0 aliphatic rings. The van der Waals surface area contributed by atoms with Gasteiger partial charge in [-0.1, -0.05) is 23.7 Å². The van der Waals surface area contributed by atoms with Crippen LogP contribution in [-0.4, -0.2) is 6.54 Å². The maximum Gasteiger partial charge on any atom is 0.0419 e. The van der Waals surface area contributed by atoms with Crippen molar-refractivity contribution < 1.29 is 0 Å². The molecular weight excluding hydrogens is 195 g/mol. The van der Waals surface area contributed by atoms with Gasteiger partial charge in [0.05, 0.1) is 0 Å². The average molecular weight is 207 g/mol. The smallest absolute Gasteiger partial charge is 0.0419 e. The molecule has 4 heteroatoms. The lowest BCUT2D eigenvalue weighted by Crippen LogP contribution is -2.20. The normalized spacial score (nSPS) is 11.9. The summed E-state index contributed by atoms with van der Waals surface area (Å²) in [7, 11) is 0. The number of rotatable bonds is 2. The molecule has 0 spiro atoms. The summed E-state index contributed by atoms with van der Waals surface area (Å²) >= 11 is 5.69. The minimum atomic E-state index is -0.0766. The predicted molar refractivity (Wildman–Crippen MR) is 54.7 cm³/mol. The van der Waals surface area contributed by atoms with Gasteiger partial charge in [-0.3, -0.25) is 0 Å². The summed E-state index contributed by atoms with van der Waals surface area (Å²) in [6, 6.07) is 7.32. The second-order valence-electron chi connectivity index (χ2n) is 2.39. The van der Waals surface area contributed by atoms with Crippen LogP contribution >= 0.6 is 24.0 Å². The zero-order valence-electron chi connectivity index (χ0n) is 6.53. The van der Waals surface area contributed by atoms with Gasteiger partial charge in [0.25, 0.3) is 0 Å². The maximum absolute atomic E-state index is 5.69. The monoisotopic (exact) mass is 206 g/mol. The van der Waals surface area contributed by atoms with Crippen molar-refractivity contribution in [3.8, 4) is 0 Å². The lowest BCUT2D eigenvalue weighted by molar-refractivity contribution is 0.737. The molecule has 12 heavy (non-hydrogen) atoms. The molecule has 0 bridgehead atoms. The van der Waals surface area contributed by atoms with E-state index in [1.807, 2.05) is 24.3 Å². The number of hydrogen-bond donors (Lipinski definition) is 2. The Morgan fingerprint density at radius 1 is 1.25 bits per heavy atom. The molecule has 0 saturated heterocycles. The molecule has 0 radical (unpaired) electrons. The Balaban J connectivity index is 0.00000121. The fourth-order valence-electron chi connectivity index (χ4n) is 0.846. The van der Waals surface area contributed by atoms with Crippen LogP contribution in [0.25, 0.3) is 0 Å². The van der Waals surface area contributed by atoms with Crippen LogP contribution < -0.4 is 11.5 Å². The SMILES string of the molecule is Cl.NCC(N)c1ccc(Cl)cc1. The second kappa shape index (κ2) is 5.38. The van der Waals surface area contributed by atoms with E-state index < -0.39 is 0 Å². The van der Waals surface area contributed by atoms with Gasteiger partial charge in [0, 0.05) is 17.6 Å². The molecule has 1 aromatic rings. The van der Waals surface area contributed by atoms with Crippen molar-refractivity contribution in [1.29, 1.82) is 0 Å². The van der Waals surface area contributed by atoms with Crippen molar-refractivity contribution in [3.05, 3.63) is 34.9 Å². The van der Waals surface area contributed by atoms with Gasteiger partial charge in [-0.15, -0.1) is 12.4 Å². The molecule has 0 heterocycles. The summed E-state index contributed by atoms with van der Waals surface area (Å²) in [6.07, 6.45) is 0. The molecule has 0 saturated carbocycles. The number of nitrogens with two attached hydrogens (primary N) is 2. The van der Waals surface area contributed by atoms with Gasteiger partial charge in [-0.2, -0.15) is 0 Å². The van der Waals surface area contributed by atoms with Crippen LogP contribution in [0.15, 0.2) is 24.3 Å². The van der Waals surface area contributed by atoms with Crippen molar-refractivity contribution in [3.63, 3.8) is 0 Å². The summed E-state index contributed by atoms with van der Waals surface area (Å²) in [5, 5.41) is 0.720. The zero-order valence-corrected chi connectivity index (χ0v) is 8.11. The average Bonchev–Trinajstić information content (AvgIpc) is 2.05. The lowest BCUT2D eigenvalue weighted by Gasteiger charge is -2.07. The van der Waals surface area contributed by atoms with Crippen LogP contribution in [0.5, 0.6) is 0 Å². The van der Waals surface area contributed by atoms with Crippen LogP contribution in [0.1, 0.15) is 11.6 Å². The number of hydrogen-bond acceptors (Lipinski definition) is 2. The van der Waals surface area contributed by atoms with Crippen LogP contribution in [0, 0.1) is 0 Å².